The van der Waals surface area contributed by atoms with Crippen molar-refractivity contribution in [1.82, 2.24) is 4.57 Å². The van der Waals surface area contributed by atoms with Crippen LogP contribution < -0.4 is 11.0 Å². The van der Waals surface area contributed by atoms with Gasteiger partial charge in [-0.2, -0.15) is 0 Å². The van der Waals surface area contributed by atoms with Crippen LogP contribution in [-0.4, -0.2) is 22.9 Å². The lowest BCUT2D eigenvalue weighted by Crippen LogP contribution is -2.38. The summed E-state index contributed by atoms with van der Waals surface area (Å²) < 4.78 is 7.76. The Labute approximate surface area is 114 Å². The first-order valence-electron chi connectivity index (χ1n) is 6.65. The second-order valence-electron chi connectivity index (χ2n) is 6.51. The molecule has 1 saturated heterocycles. The molecule has 0 atom stereocenters. The van der Waals surface area contributed by atoms with Gasteiger partial charge in [-0.05, 0) is 44.0 Å². The Kier molecular flexibility index (Phi) is 3.21. The van der Waals surface area contributed by atoms with Crippen LogP contribution in [0.4, 0.5) is 0 Å². The van der Waals surface area contributed by atoms with E-state index in [0.717, 1.165) is 11.8 Å². The highest BCUT2D eigenvalue weighted by atomic mass is 16.5. The number of hydrogen-bond donors (Lipinski definition) is 2. The van der Waals surface area contributed by atoms with E-state index in [0.29, 0.717) is 11.3 Å². The fraction of sp³-hybridized carbons (Fsp3) is 0.571. The Balaban J connectivity index is 2.38. The molecule has 5 heteroatoms. The molecule has 1 aromatic heterocycles. The molecule has 0 aromatic carbocycles. The van der Waals surface area contributed by atoms with Gasteiger partial charge in [-0.1, -0.05) is 19.9 Å². The van der Waals surface area contributed by atoms with Crippen molar-refractivity contribution in [2.24, 2.45) is 5.41 Å². The van der Waals surface area contributed by atoms with E-state index in [-0.39, 0.29) is 17.9 Å². The third-order valence-electron chi connectivity index (χ3n) is 4.47. The number of nitrogens with zero attached hydrogens (tertiary/aromatic N) is 1. The van der Waals surface area contributed by atoms with Gasteiger partial charge in [-0.3, -0.25) is 15.4 Å². The zero-order chi connectivity index (χ0) is 14.4. The molecule has 1 fully saturated rings. The summed E-state index contributed by atoms with van der Waals surface area (Å²) in [7, 11) is 0. The van der Waals surface area contributed by atoms with Gasteiger partial charge in [0.2, 0.25) is 0 Å². The summed E-state index contributed by atoms with van der Waals surface area (Å²) in [6, 6.07) is 3.67. The molecule has 0 unspecified atom stereocenters. The number of aromatic nitrogens is 1. The first kappa shape index (κ1) is 14.1. The summed E-state index contributed by atoms with van der Waals surface area (Å²) in [5, 5.41) is 15.5. The van der Waals surface area contributed by atoms with Crippen molar-refractivity contribution >= 4 is 18.2 Å². The number of nitrogens with one attached hydrogen (secondary N) is 2. The molecule has 1 aromatic rings. The summed E-state index contributed by atoms with van der Waals surface area (Å²) in [6.45, 7) is 10.4. The normalized spacial score (nSPS) is 20.6. The van der Waals surface area contributed by atoms with Crippen molar-refractivity contribution in [3.8, 4) is 0 Å². The van der Waals surface area contributed by atoms with Gasteiger partial charge in [0, 0.05) is 6.20 Å². The van der Waals surface area contributed by atoms with Gasteiger partial charge < -0.3 is 4.65 Å². The van der Waals surface area contributed by atoms with Crippen LogP contribution in [0.1, 0.15) is 34.6 Å². The lowest BCUT2D eigenvalue weighted by atomic mass is 9.54. The van der Waals surface area contributed by atoms with Crippen LogP contribution in [0.25, 0.3) is 0 Å². The summed E-state index contributed by atoms with van der Waals surface area (Å²) in [5.74, 6) is 0.350. The zero-order valence-corrected chi connectivity index (χ0v) is 12.4. The molecule has 0 aliphatic carbocycles. The van der Waals surface area contributed by atoms with E-state index in [1.807, 2.05) is 12.3 Å². The van der Waals surface area contributed by atoms with Crippen LogP contribution in [0.5, 0.6) is 0 Å². The summed E-state index contributed by atoms with van der Waals surface area (Å²) >= 11 is 0. The van der Waals surface area contributed by atoms with Crippen molar-refractivity contribution in [3.05, 3.63) is 23.8 Å². The van der Waals surface area contributed by atoms with Crippen LogP contribution in [0.15, 0.2) is 18.3 Å². The molecule has 2 rings (SSSR count). The van der Waals surface area contributed by atoms with Gasteiger partial charge in [0.15, 0.2) is 0 Å². The predicted molar refractivity (Wildman–Crippen MR) is 78.2 cm³/mol. The number of pyridine rings is 1. The Morgan fingerprint density at radius 3 is 2.42 bits per heavy atom. The maximum absolute atomic E-state index is 7.81. The SMILES string of the molecule is CC(=N)n1cc(B2CC(C)(C)C(C)(C)O2)ccc1=N. The molecule has 1 aliphatic rings. The lowest BCUT2D eigenvalue weighted by Gasteiger charge is -2.34. The molecule has 4 nitrogen and oxygen atoms in total. The Bertz CT molecular complexity index is 558. The van der Waals surface area contributed by atoms with E-state index < -0.39 is 0 Å². The number of rotatable bonds is 1. The molecule has 0 saturated carbocycles. The van der Waals surface area contributed by atoms with Crippen LogP contribution in [-0.2, 0) is 4.65 Å². The minimum atomic E-state index is -0.165. The van der Waals surface area contributed by atoms with Crippen LogP contribution >= 0.6 is 0 Å². The van der Waals surface area contributed by atoms with Gasteiger partial charge in [0.1, 0.15) is 11.3 Å². The third kappa shape index (κ3) is 2.39. The van der Waals surface area contributed by atoms with E-state index in [4.69, 9.17) is 15.5 Å². The summed E-state index contributed by atoms with van der Waals surface area (Å²) in [5.41, 5.74) is 1.32. The smallest absolute Gasteiger partial charge is 0.329 e. The molecule has 0 amide bonds. The van der Waals surface area contributed by atoms with Crippen molar-refractivity contribution in [2.75, 3.05) is 0 Å². The highest BCUT2D eigenvalue weighted by Crippen LogP contribution is 2.44. The standard InChI is InChI=1S/C14H22BN3O/c1-10(16)18-8-11(6-7-12(18)17)15-9-13(2,3)14(4,5)19-15/h6-8,16-17H,9H2,1-5H3. The van der Waals surface area contributed by atoms with Crippen molar-refractivity contribution in [3.63, 3.8) is 0 Å². The monoisotopic (exact) mass is 259 g/mol. The van der Waals surface area contributed by atoms with Crippen molar-refractivity contribution in [1.29, 1.82) is 10.8 Å². The highest BCUT2D eigenvalue weighted by Gasteiger charge is 2.49. The summed E-state index contributed by atoms with van der Waals surface area (Å²) in [4.78, 5) is 0. The van der Waals surface area contributed by atoms with E-state index in [1.165, 1.54) is 0 Å². The van der Waals surface area contributed by atoms with E-state index in [1.54, 1.807) is 17.6 Å². The van der Waals surface area contributed by atoms with Gasteiger partial charge in [-0.15, -0.1) is 0 Å². The van der Waals surface area contributed by atoms with E-state index in [9.17, 15) is 0 Å². The van der Waals surface area contributed by atoms with Crippen molar-refractivity contribution in [2.45, 2.75) is 46.5 Å². The average Bonchev–Trinajstić information content (AvgIpc) is 2.48. The molecule has 2 heterocycles. The topological polar surface area (TPSA) is 61.9 Å². The Morgan fingerprint density at radius 1 is 1.32 bits per heavy atom. The lowest BCUT2D eigenvalue weighted by molar-refractivity contribution is 0.0375. The first-order chi connectivity index (χ1) is 8.64. The quantitative estimate of drug-likeness (QED) is 0.451. The fourth-order valence-corrected chi connectivity index (χ4v) is 2.44. The average molecular weight is 259 g/mol. The second kappa shape index (κ2) is 4.34. The minimum absolute atomic E-state index is 0.0381. The Morgan fingerprint density at radius 2 is 1.95 bits per heavy atom. The molecule has 102 valence electrons. The molecule has 19 heavy (non-hydrogen) atoms. The van der Waals surface area contributed by atoms with Crippen molar-refractivity contribution < 1.29 is 4.65 Å². The van der Waals surface area contributed by atoms with Crippen LogP contribution in [0.2, 0.25) is 6.32 Å². The maximum Gasteiger partial charge on any atom is 0.329 e. The van der Waals surface area contributed by atoms with E-state index in [2.05, 4.69) is 27.7 Å². The van der Waals surface area contributed by atoms with E-state index >= 15 is 0 Å². The second-order valence-corrected chi connectivity index (χ2v) is 6.51. The molecular weight excluding hydrogens is 237 g/mol. The minimum Gasteiger partial charge on any atom is -0.425 e. The third-order valence-corrected chi connectivity index (χ3v) is 4.47. The molecule has 0 spiro atoms. The van der Waals surface area contributed by atoms with Gasteiger partial charge >= 0.3 is 6.92 Å². The molecule has 0 bridgehead atoms. The summed E-state index contributed by atoms with van der Waals surface area (Å²) in [6.07, 6.45) is 2.81. The molecule has 2 N–H and O–H groups in total. The van der Waals surface area contributed by atoms with Gasteiger partial charge in [0.05, 0.1) is 5.60 Å². The van der Waals surface area contributed by atoms with Crippen LogP contribution in [0, 0.1) is 16.2 Å². The zero-order valence-electron chi connectivity index (χ0n) is 12.4. The molecule has 0 radical (unpaired) electrons. The van der Waals surface area contributed by atoms with Crippen LogP contribution in [0.3, 0.4) is 0 Å². The predicted octanol–water partition coefficient (Wildman–Crippen LogP) is 1.85. The maximum atomic E-state index is 7.81. The van der Waals surface area contributed by atoms with Gasteiger partial charge in [0.25, 0.3) is 0 Å². The largest absolute Gasteiger partial charge is 0.425 e. The molecular formula is C14H22BN3O. The fourth-order valence-electron chi connectivity index (χ4n) is 2.44. The highest BCUT2D eigenvalue weighted by molar-refractivity contribution is 6.68. The van der Waals surface area contributed by atoms with Gasteiger partial charge in [-0.25, -0.2) is 0 Å². The Hall–Kier alpha value is -1.36. The molecule has 1 aliphatic heterocycles. The number of hydrogen-bond acceptors (Lipinski definition) is 3. The first-order valence-corrected chi connectivity index (χ1v) is 6.65.